The van der Waals surface area contributed by atoms with Crippen LogP contribution < -0.4 is 0 Å². The topological polar surface area (TPSA) is 56.5 Å². The second-order valence-corrected chi connectivity index (χ2v) is 5.60. The van der Waals surface area contributed by atoms with Gasteiger partial charge in [0, 0.05) is 25.5 Å². The molecule has 0 bridgehead atoms. The van der Waals surface area contributed by atoms with Crippen LogP contribution in [-0.2, 0) is 16.0 Å². The normalized spacial score (nSPS) is 19.7. The third-order valence-corrected chi connectivity index (χ3v) is 3.95. The van der Waals surface area contributed by atoms with Crippen LogP contribution in [0.3, 0.4) is 0 Å². The maximum absolute atomic E-state index is 13.0. The molecule has 0 radical (unpaired) electrons. The van der Waals surface area contributed by atoms with Gasteiger partial charge in [-0.15, -0.1) is 0 Å². The zero-order valence-corrected chi connectivity index (χ0v) is 12.9. The lowest BCUT2D eigenvalue weighted by atomic mass is 10.1. The number of hydrogen-bond donors (Lipinski definition) is 1. The van der Waals surface area contributed by atoms with Crippen LogP contribution in [0, 0.1) is 5.82 Å². The van der Waals surface area contributed by atoms with E-state index in [1.807, 2.05) is 4.57 Å². The Labute approximate surface area is 134 Å². The number of ether oxygens (including phenoxy) is 2. The Morgan fingerprint density at radius 1 is 1.35 bits per heavy atom. The van der Waals surface area contributed by atoms with Gasteiger partial charge in [-0.05, 0) is 37.0 Å². The first-order valence-electron chi connectivity index (χ1n) is 7.92. The van der Waals surface area contributed by atoms with Crippen molar-refractivity contribution >= 4 is 0 Å². The summed E-state index contributed by atoms with van der Waals surface area (Å²) in [5.41, 5.74) is 0.607. The third-order valence-electron chi connectivity index (χ3n) is 3.95. The molecule has 1 aliphatic heterocycles. The minimum Gasteiger partial charge on any atom is -0.380 e. The van der Waals surface area contributed by atoms with Crippen LogP contribution in [-0.4, -0.2) is 34.2 Å². The predicted octanol–water partition coefficient (Wildman–Crippen LogP) is 2.65. The van der Waals surface area contributed by atoms with Crippen LogP contribution >= 0.6 is 0 Å². The second kappa shape index (κ2) is 7.68. The number of benzene rings is 1. The average molecular weight is 320 g/mol. The molecule has 3 rings (SSSR count). The maximum atomic E-state index is 13.0. The van der Waals surface area contributed by atoms with E-state index in [0.29, 0.717) is 24.5 Å². The summed E-state index contributed by atoms with van der Waals surface area (Å²) >= 11 is 0. The summed E-state index contributed by atoms with van der Waals surface area (Å²) in [6.45, 7) is 1.82. The Kier molecular flexibility index (Phi) is 5.38. The van der Waals surface area contributed by atoms with Crippen molar-refractivity contribution in [2.45, 2.75) is 38.2 Å². The fourth-order valence-corrected chi connectivity index (χ4v) is 2.68. The number of imidazole rings is 1. The van der Waals surface area contributed by atoms with Crippen molar-refractivity contribution in [3.8, 4) is 0 Å². The lowest BCUT2D eigenvalue weighted by molar-refractivity contribution is -0.163. The first kappa shape index (κ1) is 16.1. The number of halogens is 1. The van der Waals surface area contributed by atoms with Gasteiger partial charge in [0.25, 0.3) is 0 Å². The molecule has 0 spiro atoms. The number of hydrogen-bond acceptors (Lipinski definition) is 4. The van der Waals surface area contributed by atoms with Crippen molar-refractivity contribution in [2.75, 3.05) is 13.2 Å². The molecule has 2 heterocycles. The van der Waals surface area contributed by atoms with Crippen molar-refractivity contribution in [3.05, 3.63) is 53.9 Å². The monoisotopic (exact) mass is 320 g/mol. The molecule has 5 nitrogen and oxygen atoms in total. The molecule has 1 aliphatic rings. The minimum atomic E-state index is -0.892. The molecular weight excluding hydrogens is 299 g/mol. The number of aliphatic hydroxyl groups is 1. The molecule has 2 atom stereocenters. The largest absolute Gasteiger partial charge is 0.380 e. The minimum absolute atomic E-state index is 0.127. The van der Waals surface area contributed by atoms with E-state index in [-0.39, 0.29) is 12.1 Å². The Bertz CT molecular complexity index is 609. The van der Waals surface area contributed by atoms with E-state index in [1.165, 1.54) is 12.1 Å². The number of rotatable bonds is 6. The summed E-state index contributed by atoms with van der Waals surface area (Å²) in [7, 11) is 0. The molecule has 1 aromatic carbocycles. The van der Waals surface area contributed by atoms with E-state index in [1.54, 1.807) is 24.5 Å². The van der Waals surface area contributed by atoms with E-state index in [2.05, 4.69) is 4.98 Å². The smallest absolute Gasteiger partial charge is 0.157 e. The molecule has 1 saturated heterocycles. The standard InChI is InChI=1S/C17H21FN2O3/c18-14-6-4-13(5-7-14)16(21)17-19-8-9-20(17)10-12-23-15-3-1-2-11-22-15/h4-9,15-16,21H,1-3,10-12H2/t15-,16+/m0/s1. The second-order valence-electron chi connectivity index (χ2n) is 5.60. The van der Waals surface area contributed by atoms with E-state index in [0.717, 1.165) is 25.9 Å². The third kappa shape index (κ3) is 4.16. The van der Waals surface area contributed by atoms with Crippen molar-refractivity contribution in [1.82, 2.24) is 9.55 Å². The summed E-state index contributed by atoms with van der Waals surface area (Å²) in [4.78, 5) is 4.21. The predicted molar refractivity (Wildman–Crippen MR) is 82.2 cm³/mol. The molecule has 0 amide bonds. The highest BCUT2D eigenvalue weighted by Gasteiger charge is 2.17. The molecule has 1 N–H and O–H groups in total. The summed E-state index contributed by atoms with van der Waals surface area (Å²) in [6, 6.07) is 5.78. The van der Waals surface area contributed by atoms with Gasteiger partial charge in [-0.25, -0.2) is 9.37 Å². The van der Waals surface area contributed by atoms with Gasteiger partial charge in [0.15, 0.2) is 6.29 Å². The molecular formula is C17H21FN2O3. The Balaban J connectivity index is 1.59. The van der Waals surface area contributed by atoms with Gasteiger partial charge in [0.05, 0.1) is 6.61 Å². The Morgan fingerprint density at radius 3 is 2.91 bits per heavy atom. The lowest BCUT2D eigenvalue weighted by Gasteiger charge is -2.23. The quantitative estimate of drug-likeness (QED) is 0.889. The van der Waals surface area contributed by atoms with Gasteiger partial charge < -0.3 is 19.1 Å². The molecule has 23 heavy (non-hydrogen) atoms. The lowest BCUT2D eigenvalue weighted by Crippen LogP contribution is -2.24. The Hall–Kier alpha value is -1.76. The van der Waals surface area contributed by atoms with E-state index in [4.69, 9.17) is 9.47 Å². The van der Waals surface area contributed by atoms with Gasteiger partial charge in [0.2, 0.25) is 0 Å². The van der Waals surface area contributed by atoms with Crippen molar-refractivity contribution in [2.24, 2.45) is 0 Å². The molecule has 2 aromatic rings. The number of aromatic nitrogens is 2. The molecule has 124 valence electrons. The summed E-state index contributed by atoms with van der Waals surface area (Å²) in [6.07, 6.45) is 5.57. The van der Waals surface area contributed by atoms with Gasteiger partial charge >= 0.3 is 0 Å². The number of nitrogens with zero attached hydrogens (tertiary/aromatic N) is 2. The first-order chi connectivity index (χ1) is 11.2. The van der Waals surface area contributed by atoms with Crippen LogP contribution in [0.1, 0.15) is 36.8 Å². The molecule has 0 saturated carbocycles. The summed E-state index contributed by atoms with van der Waals surface area (Å²) in [5.74, 6) is 0.190. The van der Waals surface area contributed by atoms with Crippen molar-refractivity contribution in [3.63, 3.8) is 0 Å². The first-order valence-corrected chi connectivity index (χ1v) is 7.92. The van der Waals surface area contributed by atoms with Crippen molar-refractivity contribution in [1.29, 1.82) is 0 Å². The maximum Gasteiger partial charge on any atom is 0.157 e. The van der Waals surface area contributed by atoms with Crippen molar-refractivity contribution < 1.29 is 19.0 Å². The van der Waals surface area contributed by atoms with Gasteiger partial charge in [0.1, 0.15) is 17.7 Å². The van der Waals surface area contributed by atoms with E-state index < -0.39 is 6.10 Å². The van der Waals surface area contributed by atoms with Gasteiger partial charge in [-0.3, -0.25) is 0 Å². The SMILES string of the molecule is O[C@H](c1ccc(F)cc1)c1nccn1CCO[C@H]1CCCCO1. The van der Waals surface area contributed by atoms with Crippen LogP contribution in [0.25, 0.3) is 0 Å². The molecule has 1 aromatic heterocycles. The molecule has 0 aliphatic carbocycles. The number of aliphatic hydroxyl groups excluding tert-OH is 1. The molecule has 6 heteroatoms. The van der Waals surface area contributed by atoms with E-state index >= 15 is 0 Å². The highest BCUT2D eigenvalue weighted by atomic mass is 19.1. The fraction of sp³-hybridized carbons (Fsp3) is 0.471. The average Bonchev–Trinajstić information content (AvgIpc) is 3.04. The van der Waals surface area contributed by atoms with Gasteiger partial charge in [-0.2, -0.15) is 0 Å². The summed E-state index contributed by atoms with van der Waals surface area (Å²) < 4.78 is 26.1. The van der Waals surface area contributed by atoms with Crippen LogP contribution in [0.2, 0.25) is 0 Å². The van der Waals surface area contributed by atoms with E-state index in [9.17, 15) is 9.50 Å². The van der Waals surface area contributed by atoms with Crippen LogP contribution in [0.4, 0.5) is 4.39 Å². The molecule has 0 unspecified atom stereocenters. The highest BCUT2D eigenvalue weighted by molar-refractivity contribution is 5.23. The van der Waals surface area contributed by atoms with Crippen LogP contribution in [0.15, 0.2) is 36.7 Å². The zero-order valence-electron chi connectivity index (χ0n) is 12.9. The van der Waals surface area contributed by atoms with Crippen LogP contribution in [0.5, 0.6) is 0 Å². The Morgan fingerprint density at radius 2 is 2.17 bits per heavy atom. The van der Waals surface area contributed by atoms with Gasteiger partial charge in [-0.1, -0.05) is 12.1 Å². The fourth-order valence-electron chi connectivity index (χ4n) is 2.68. The zero-order chi connectivity index (χ0) is 16.1. The summed E-state index contributed by atoms with van der Waals surface area (Å²) in [5, 5.41) is 10.4. The highest BCUT2D eigenvalue weighted by Crippen LogP contribution is 2.21. The molecule has 1 fully saturated rings.